The predicted octanol–water partition coefficient (Wildman–Crippen LogP) is 3.11. The van der Waals surface area contributed by atoms with E-state index in [2.05, 4.69) is 19.5 Å². The quantitative estimate of drug-likeness (QED) is 0.258. The van der Waals surface area contributed by atoms with Gasteiger partial charge in [0, 0.05) is 34.3 Å². The number of aliphatic hydroxyl groups excluding tert-OH is 1. The molecule has 0 bridgehead atoms. The van der Waals surface area contributed by atoms with Gasteiger partial charge in [-0.25, -0.2) is 19.9 Å². The van der Waals surface area contributed by atoms with Gasteiger partial charge >= 0.3 is 16.3 Å². The Balaban J connectivity index is 1.35. The number of anilines is 1. The number of nitrogens with two attached hydrogens (primary N) is 1. The second kappa shape index (κ2) is 10.5. The molecule has 3 heterocycles. The second-order valence-corrected chi connectivity index (χ2v) is 12.2. The molecule has 1 fully saturated rings. The van der Waals surface area contributed by atoms with Gasteiger partial charge in [0.25, 0.3) is 0 Å². The Morgan fingerprint density at radius 1 is 1.26 bits per heavy atom. The highest BCUT2D eigenvalue weighted by molar-refractivity contribution is 7.84. The Bertz CT molecular complexity index is 1530. The lowest BCUT2D eigenvalue weighted by Crippen LogP contribution is -2.24. The molecular weight excluding hydrogens is 579 g/mol. The molecule has 2 aromatic heterocycles. The number of esters is 1. The molecule has 200 valence electrons. The molecule has 4 atom stereocenters. The molecule has 0 radical (unpaired) electrons. The second-order valence-electron chi connectivity index (χ2n) is 8.89. The monoisotopic (exact) mass is 598 g/mol. The van der Waals surface area contributed by atoms with Gasteiger partial charge in [0.15, 0.2) is 6.10 Å². The summed E-state index contributed by atoms with van der Waals surface area (Å²) in [6.07, 6.45) is 1.64. The lowest BCUT2D eigenvalue weighted by Gasteiger charge is -2.15. The van der Waals surface area contributed by atoms with Crippen molar-refractivity contribution < 1.29 is 32.0 Å². The molecule has 5 rings (SSSR count). The van der Waals surface area contributed by atoms with Crippen molar-refractivity contribution in [3.05, 3.63) is 73.3 Å². The highest BCUT2D eigenvalue weighted by Crippen LogP contribution is 2.43. The predicted molar refractivity (Wildman–Crippen MR) is 139 cm³/mol. The van der Waals surface area contributed by atoms with Crippen molar-refractivity contribution in [3.8, 4) is 0 Å². The number of carbonyl (C=O) groups is 2. The van der Waals surface area contributed by atoms with Crippen LogP contribution in [0.3, 0.4) is 0 Å². The molecule has 1 unspecified atom stereocenters. The van der Waals surface area contributed by atoms with Crippen molar-refractivity contribution in [2.45, 2.75) is 31.1 Å². The highest BCUT2D eigenvalue weighted by Gasteiger charge is 2.37. The highest BCUT2D eigenvalue weighted by atomic mass is 35.5. The number of cyclic esters (lactones) is 1. The standard InChI is InChI=1S/C23H20Cl2N4O7S2/c24-11-1-2-13-14(4-11)20(36-23(13)32)15-6-18(37-21(15)25)19(31)16-7-27-9-28-22(16)29-12-3-10(17(30)5-12)8-35-38(26,33)34/h1-2,4,6-7,9-10,12,17,20,30H,3,5,8H2,(H2,26,33,34)(H,27,28,29)/t10-,12-,17+,20?/m1/s1. The van der Waals surface area contributed by atoms with Crippen LogP contribution in [0.5, 0.6) is 0 Å². The molecule has 11 nitrogen and oxygen atoms in total. The van der Waals surface area contributed by atoms with E-state index < -0.39 is 40.2 Å². The van der Waals surface area contributed by atoms with E-state index in [-0.39, 0.29) is 39.7 Å². The van der Waals surface area contributed by atoms with Crippen LogP contribution in [0.2, 0.25) is 9.36 Å². The summed E-state index contributed by atoms with van der Waals surface area (Å²) in [6.45, 7) is -0.260. The molecule has 2 aliphatic rings. The number of hydrogen-bond donors (Lipinski definition) is 3. The smallest absolute Gasteiger partial charge is 0.339 e. The number of halogens is 2. The van der Waals surface area contributed by atoms with Crippen LogP contribution in [0.25, 0.3) is 0 Å². The molecule has 3 aromatic rings. The lowest BCUT2D eigenvalue weighted by atomic mass is 10.0. The lowest BCUT2D eigenvalue weighted by molar-refractivity contribution is 0.0456. The first kappa shape index (κ1) is 26.9. The van der Waals surface area contributed by atoms with Gasteiger partial charge < -0.3 is 15.2 Å². The maximum Gasteiger partial charge on any atom is 0.339 e. The van der Waals surface area contributed by atoms with Gasteiger partial charge in [-0.2, -0.15) is 8.42 Å². The van der Waals surface area contributed by atoms with Crippen LogP contribution in [-0.4, -0.2) is 54.0 Å². The van der Waals surface area contributed by atoms with E-state index in [1.807, 2.05) is 0 Å². The average molecular weight is 599 g/mol. The first-order valence-corrected chi connectivity index (χ1v) is 14.3. The Labute approximate surface area is 231 Å². The molecular formula is C23H20Cl2N4O7S2. The van der Waals surface area contributed by atoms with E-state index in [1.165, 1.54) is 12.5 Å². The third-order valence-corrected chi connectivity index (χ3v) is 8.45. The minimum absolute atomic E-state index is 0.169. The number of thiophene rings is 1. The van der Waals surface area contributed by atoms with Crippen LogP contribution >= 0.6 is 34.5 Å². The number of carbonyl (C=O) groups excluding carboxylic acids is 2. The van der Waals surface area contributed by atoms with Gasteiger partial charge in [-0.3, -0.25) is 8.98 Å². The number of aliphatic hydroxyl groups is 1. The molecule has 0 amide bonds. The van der Waals surface area contributed by atoms with Gasteiger partial charge in [-0.15, -0.1) is 11.3 Å². The summed E-state index contributed by atoms with van der Waals surface area (Å²) in [5, 5.41) is 18.8. The van der Waals surface area contributed by atoms with E-state index >= 15 is 0 Å². The SMILES string of the molecule is NS(=O)(=O)OC[C@H]1C[C@@H](Nc2ncncc2C(=O)c2cc(C3OC(=O)c4ccc(Cl)cc43)c(Cl)s2)C[C@@H]1O. The van der Waals surface area contributed by atoms with Gasteiger partial charge in [-0.1, -0.05) is 23.2 Å². The Morgan fingerprint density at radius 2 is 2.05 bits per heavy atom. The number of ketones is 1. The summed E-state index contributed by atoms with van der Waals surface area (Å²) < 4.78 is 32.6. The summed E-state index contributed by atoms with van der Waals surface area (Å²) in [5.41, 5.74) is 1.57. The summed E-state index contributed by atoms with van der Waals surface area (Å²) >= 11 is 13.6. The molecule has 1 aliphatic heterocycles. The Hall–Kier alpha value is -2.65. The van der Waals surface area contributed by atoms with Crippen molar-refractivity contribution in [2.75, 3.05) is 11.9 Å². The van der Waals surface area contributed by atoms with Crippen molar-refractivity contribution in [1.82, 2.24) is 9.97 Å². The van der Waals surface area contributed by atoms with E-state index in [0.717, 1.165) is 11.3 Å². The van der Waals surface area contributed by atoms with Crippen LogP contribution < -0.4 is 10.5 Å². The van der Waals surface area contributed by atoms with Gasteiger partial charge in [0.1, 0.15) is 16.5 Å². The fraction of sp³-hybridized carbons (Fsp3) is 0.304. The number of aromatic nitrogens is 2. The third kappa shape index (κ3) is 5.54. The maximum absolute atomic E-state index is 13.5. The number of rotatable bonds is 8. The zero-order valence-electron chi connectivity index (χ0n) is 19.3. The molecule has 1 aromatic carbocycles. The van der Waals surface area contributed by atoms with E-state index in [1.54, 1.807) is 24.3 Å². The van der Waals surface area contributed by atoms with E-state index in [9.17, 15) is 23.1 Å². The van der Waals surface area contributed by atoms with Crippen molar-refractivity contribution >= 4 is 62.4 Å². The fourth-order valence-corrected chi connectivity index (χ4v) is 6.41. The third-order valence-electron chi connectivity index (χ3n) is 6.36. The number of benzene rings is 1. The number of fused-ring (bicyclic) bond motifs is 1. The maximum atomic E-state index is 13.5. The Kier molecular flexibility index (Phi) is 7.44. The molecule has 1 aliphatic carbocycles. The van der Waals surface area contributed by atoms with Gasteiger partial charge in [0.2, 0.25) is 5.78 Å². The van der Waals surface area contributed by atoms with Crippen LogP contribution in [0.1, 0.15) is 55.7 Å². The van der Waals surface area contributed by atoms with Crippen LogP contribution in [-0.2, 0) is 19.2 Å². The number of hydrogen-bond acceptors (Lipinski definition) is 11. The van der Waals surface area contributed by atoms with E-state index in [4.69, 9.17) is 33.1 Å². The molecule has 15 heteroatoms. The number of ether oxygens (including phenoxy) is 1. The summed E-state index contributed by atoms with van der Waals surface area (Å²) in [7, 11) is -4.13. The number of nitrogens with one attached hydrogen (secondary N) is 1. The molecule has 1 saturated carbocycles. The zero-order chi connectivity index (χ0) is 27.2. The minimum Gasteiger partial charge on any atom is -0.449 e. The first-order chi connectivity index (χ1) is 18.0. The van der Waals surface area contributed by atoms with Crippen LogP contribution in [0.4, 0.5) is 5.82 Å². The topological polar surface area (TPSA) is 171 Å². The largest absolute Gasteiger partial charge is 0.449 e. The van der Waals surface area contributed by atoms with Crippen molar-refractivity contribution in [3.63, 3.8) is 0 Å². The molecule has 0 spiro atoms. The van der Waals surface area contributed by atoms with Gasteiger partial charge in [0.05, 0.1) is 28.7 Å². The molecule has 0 saturated heterocycles. The number of nitrogens with zero attached hydrogens (tertiary/aromatic N) is 2. The molecule has 4 N–H and O–H groups in total. The van der Waals surface area contributed by atoms with Crippen LogP contribution in [0, 0.1) is 5.92 Å². The Morgan fingerprint density at radius 3 is 2.82 bits per heavy atom. The van der Waals surface area contributed by atoms with Gasteiger partial charge in [-0.05, 0) is 37.1 Å². The normalized spacial score (nSPS) is 22.8. The average Bonchev–Trinajstić information content (AvgIpc) is 3.51. The van der Waals surface area contributed by atoms with E-state index in [0.29, 0.717) is 28.1 Å². The summed E-state index contributed by atoms with van der Waals surface area (Å²) in [4.78, 5) is 34.2. The minimum atomic E-state index is -4.13. The van der Waals surface area contributed by atoms with Crippen molar-refractivity contribution in [1.29, 1.82) is 0 Å². The first-order valence-electron chi connectivity index (χ1n) is 11.3. The molecule has 38 heavy (non-hydrogen) atoms. The van der Waals surface area contributed by atoms with Crippen molar-refractivity contribution in [2.24, 2.45) is 11.1 Å². The fourth-order valence-electron chi connectivity index (χ4n) is 4.59. The zero-order valence-corrected chi connectivity index (χ0v) is 22.5. The summed E-state index contributed by atoms with van der Waals surface area (Å²) in [6, 6.07) is 6.06. The van der Waals surface area contributed by atoms with Crippen LogP contribution in [0.15, 0.2) is 36.8 Å². The summed E-state index contributed by atoms with van der Waals surface area (Å²) in [5.74, 6) is -1.15.